The molecule has 0 saturated carbocycles. The first-order valence-electron chi connectivity index (χ1n) is 9.36. The van der Waals surface area contributed by atoms with Crippen LogP contribution in [0.1, 0.15) is 23.9 Å². The van der Waals surface area contributed by atoms with E-state index in [-0.39, 0.29) is 0 Å². The molecule has 2 aromatic carbocycles. The molecule has 28 heavy (non-hydrogen) atoms. The quantitative estimate of drug-likeness (QED) is 0.466. The minimum absolute atomic E-state index is 0.513. The van der Waals surface area contributed by atoms with Crippen LogP contribution in [0.3, 0.4) is 0 Å². The molecule has 0 unspecified atom stereocenters. The van der Waals surface area contributed by atoms with Gasteiger partial charge in [0, 0.05) is 13.6 Å². The molecule has 7 heteroatoms. The zero-order valence-corrected chi connectivity index (χ0v) is 16.3. The summed E-state index contributed by atoms with van der Waals surface area (Å²) in [7, 11) is 1.87. The first kappa shape index (κ1) is 19.4. The van der Waals surface area contributed by atoms with Gasteiger partial charge in [-0.05, 0) is 30.2 Å². The van der Waals surface area contributed by atoms with Gasteiger partial charge in [0.25, 0.3) is 0 Å². The standard InChI is InChI=1S/C21H26N6O/c1-3-22-21(24-14-20-25-16-26-27(20)2)23-13-17-9-7-8-10-18(17)15-28-19-11-5-4-6-12-19/h4-12,16H,3,13-15H2,1-2H3,(H2,22,23,24). The Labute approximate surface area is 165 Å². The predicted octanol–water partition coefficient (Wildman–Crippen LogP) is 2.65. The molecule has 0 aliphatic carbocycles. The molecule has 0 aliphatic rings. The van der Waals surface area contributed by atoms with Crippen LogP contribution in [-0.4, -0.2) is 27.3 Å². The highest BCUT2D eigenvalue weighted by molar-refractivity contribution is 5.79. The van der Waals surface area contributed by atoms with E-state index in [4.69, 9.17) is 9.73 Å². The summed E-state index contributed by atoms with van der Waals surface area (Å²) in [5.41, 5.74) is 2.26. The van der Waals surface area contributed by atoms with Gasteiger partial charge in [0.05, 0.1) is 13.1 Å². The van der Waals surface area contributed by atoms with Crippen LogP contribution in [0.5, 0.6) is 5.75 Å². The average Bonchev–Trinajstić information content (AvgIpc) is 3.14. The normalized spacial score (nSPS) is 11.3. The Hall–Kier alpha value is -3.35. The molecule has 146 valence electrons. The Morgan fingerprint density at radius 1 is 1.04 bits per heavy atom. The van der Waals surface area contributed by atoms with Gasteiger partial charge in [-0.25, -0.2) is 9.98 Å². The Morgan fingerprint density at radius 3 is 2.50 bits per heavy atom. The van der Waals surface area contributed by atoms with Gasteiger partial charge in [-0.3, -0.25) is 4.68 Å². The van der Waals surface area contributed by atoms with Crippen molar-refractivity contribution in [3.05, 3.63) is 77.9 Å². The van der Waals surface area contributed by atoms with E-state index in [0.717, 1.165) is 35.2 Å². The number of hydrogen-bond acceptors (Lipinski definition) is 4. The van der Waals surface area contributed by atoms with Crippen molar-refractivity contribution >= 4 is 5.96 Å². The molecule has 0 saturated heterocycles. The third kappa shape index (κ3) is 5.57. The van der Waals surface area contributed by atoms with Crippen molar-refractivity contribution in [3.8, 4) is 5.75 Å². The largest absolute Gasteiger partial charge is 0.489 e. The summed E-state index contributed by atoms with van der Waals surface area (Å²) in [5, 5.41) is 10.6. The molecule has 0 atom stereocenters. The number of ether oxygens (including phenoxy) is 1. The van der Waals surface area contributed by atoms with Crippen LogP contribution in [0.4, 0.5) is 0 Å². The van der Waals surface area contributed by atoms with E-state index in [1.54, 1.807) is 11.0 Å². The molecule has 0 amide bonds. The van der Waals surface area contributed by atoms with E-state index in [9.17, 15) is 0 Å². The van der Waals surface area contributed by atoms with Crippen molar-refractivity contribution in [3.63, 3.8) is 0 Å². The lowest BCUT2D eigenvalue weighted by Gasteiger charge is -2.13. The molecular formula is C21H26N6O. The zero-order chi connectivity index (χ0) is 19.6. The van der Waals surface area contributed by atoms with E-state index in [0.29, 0.717) is 19.7 Å². The number of aromatic nitrogens is 3. The predicted molar refractivity (Wildman–Crippen MR) is 110 cm³/mol. The van der Waals surface area contributed by atoms with Gasteiger partial charge in [0.15, 0.2) is 5.96 Å². The SMILES string of the molecule is CCNC(=NCc1ccccc1COc1ccccc1)NCc1ncnn1C. The number of benzene rings is 2. The fourth-order valence-electron chi connectivity index (χ4n) is 2.68. The van der Waals surface area contributed by atoms with Crippen LogP contribution >= 0.6 is 0 Å². The Balaban J connectivity index is 1.64. The van der Waals surface area contributed by atoms with Gasteiger partial charge in [0.2, 0.25) is 0 Å². The lowest BCUT2D eigenvalue weighted by Crippen LogP contribution is -2.37. The van der Waals surface area contributed by atoms with Gasteiger partial charge in [-0.15, -0.1) is 0 Å². The van der Waals surface area contributed by atoms with Crippen LogP contribution < -0.4 is 15.4 Å². The summed E-state index contributed by atoms with van der Waals surface area (Å²) in [4.78, 5) is 8.93. The number of hydrogen-bond donors (Lipinski definition) is 2. The third-order valence-electron chi connectivity index (χ3n) is 4.23. The summed E-state index contributed by atoms with van der Waals surface area (Å²) in [5.74, 6) is 2.45. The summed E-state index contributed by atoms with van der Waals surface area (Å²) >= 11 is 0. The van der Waals surface area contributed by atoms with Crippen molar-refractivity contribution in [2.45, 2.75) is 26.6 Å². The molecule has 7 nitrogen and oxygen atoms in total. The molecule has 1 aromatic heterocycles. The van der Waals surface area contributed by atoms with E-state index in [2.05, 4.69) is 32.8 Å². The third-order valence-corrected chi connectivity index (χ3v) is 4.23. The number of para-hydroxylation sites is 1. The molecule has 0 aliphatic heterocycles. The second kappa shape index (κ2) is 10.1. The van der Waals surface area contributed by atoms with Crippen LogP contribution in [0.15, 0.2) is 65.9 Å². The molecule has 0 spiro atoms. The Morgan fingerprint density at radius 2 is 1.79 bits per heavy atom. The summed E-state index contributed by atoms with van der Waals surface area (Å²) in [6, 6.07) is 18.0. The Bertz CT molecular complexity index is 891. The fourth-order valence-corrected chi connectivity index (χ4v) is 2.68. The molecule has 3 aromatic rings. The summed E-state index contributed by atoms with van der Waals surface area (Å²) < 4.78 is 7.64. The minimum Gasteiger partial charge on any atom is -0.489 e. The van der Waals surface area contributed by atoms with Crippen LogP contribution in [-0.2, 0) is 26.7 Å². The maximum absolute atomic E-state index is 5.90. The lowest BCUT2D eigenvalue weighted by atomic mass is 10.1. The highest BCUT2D eigenvalue weighted by Crippen LogP contribution is 2.15. The minimum atomic E-state index is 0.513. The number of aliphatic imine (C=N–C) groups is 1. The van der Waals surface area contributed by atoms with E-state index in [1.165, 1.54) is 0 Å². The first-order chi connectivity index (χ1) is 13.8. The van der Waals surface area contributed by atoms with Crippen LogP contribution in [0, 0.1) is 0 Å². The number of nitrogens with zero attached hydrogens (tertiary/aromatic N) is 4. The van der Waals surface area contributed by atoms with E-state index in [1.807, 2.05) is 56.4 Å². The van der Waals surface area contributed by atoms with Gasteiger partial charge in [0.1, 0.15) is 24.5 Å². The van der Waals surface area contributed by atoms with Crippen molar-refractivity contribution in [1.29, 1.82) is 0 Å². The van der Waals surface area contributed by atoms with Crippen molar-refractivity contribution < 1.29 is 4.74 Å². The van der Waals surface area contributed by atoms with Gasteiger partial charge in [-0.1, -0.05) is 42.5 Å². The highest BCUT2D eigenvalue weighted by atomic mass is 16.5. The van der Waals surface area contributed by atoms with Gasteiger partial charge < -0.3 is 15.4 Å². The smallest absolute Gasteiger partial charge is 0.191 e. The summed E-state index contributed by atoms with van der Waals surface area (Å²) in [6.45, 7) is 4.45. The maximum atomic E-state index is 5.90. The van der Waals surface area contributed by atoms with E-state index < -0.39 is 0 Å². The molecule has 0 radical (unpaired) electrons. The van der Waals surface area contributed by atoms with Gasteiger partial charge >= 0.3 is 0 Å². The molecule has 0 bridgehead atoms. The number of rotatable bonds is 8. The topological polar surface area (TPSA) is 76.4 Å². The molecular weight excluding hydrogens is 352 g/mol. The van der Waals surface area contributed by atoms with Crippen molar-refractivity contribution in [2.24, 2.45) is 12.0 Å². The first-order valence-corrected chi connectivity index (χ1v) is 9.36. The Kier molecular flexibility index (Phi) is 7.01. The molecule has 2 N–H and O–H groups in total. The summed E-state index contributed by atoms with van der Waals surface area (Å²) in [6.07, 6.45) is 1.55. The van der Waals surface area contributed by atoms with Crippen LogP contribution in [0.25, 0.3) is 0 Å². The lowest BCUT2D eigenvalue weighted by molar-refractivity contribution is 0.305. The number of nitrogens with one attached hydrogen (secondary N) is 2. The number of aryl methyl sites for hydroxylation is 1. The highest BCUT2D eigenvalue weighted by Gasteiger charge is 2.05. The maximum Gasteiger partial charge on any atom is 0.191 e. The van der Waals surface area contributed by atoms with Crippen molar-refractivity contribution in [1.82, 2.24) is 25.4 Å². The second-order valence-corrected chi connectivity index (χ2v) is 6.22. The molecule has 1 heterocycles. The average molecular weight is 378 g/mol. The monoisotopic (exact) mass is 378 g/mol. The number of guanidine groups is 1. The second-order valence-electron chi connectivity index (χ2n) is 6.22. The molecule has 3 rings (SSSR count). The molecule has 0 fully saturated rings. The van der Waals surface area contributed by atoms with Gasteiger partial charge in [-0.2, -0.15) is 5.10 Å². The van der Waals surface area contributed by atoms with Crippen molar-refractivity contribution in [2.75, 3.05) is 6.54 Å². The zero-order valence-electron chi connectivity index (χ0n) is 16.3. The van der Waals surface area contributed by atoms with E-state index >= 15 is 0 Å². The van der Waals surface area contributed by atoms with Crippen LogP contribution in [0.2, 0.25) is 0 Å². The fraction of sp³-hybridized carbons (Fsp3) is 0.286.